The molecule has 2 N–H and O–H groups in total. The molecule has 2 aliphatic rings. The summed E-state index contributed by atoms with van der Waals surface area (Å²) in [5.74, 6) is 0.425. The Hall–Kier alpha value is -1.68. The van der Waals surface area contributed by atoms with Gasteiger partial charge in [-0.25, -0.2) is 0 Å². The van der Waals surface area contributed by atoms with Crippen LogP contribution in [-0.4, -0.2) is 65.1 Å². The Labute approximate surface area is 198 Å². The maximum Gasteiger partial charge on any atom is 0.230 e. The largest absolute Gasteiger partial charge is 0.379 e. The summed E-state index contributed by atoms with van der Waals surface area (Å²) in [7, 11) is 0. The molecule has 2 fully saturated rings. The van der Waals surface area contributed by atoms with E-state index in [0.29, 0.717) is 5.75 Å². The van der Waals surface area contributed by atoms with E-state index in [4.69, 9.17) is 4.74 Å². The number of para-hydroxylation sites is 1. The molecule has 1 aliphatic heterocycles. The number of ether oxygens (including phenoxy) is 1. The molecule has 1 saturated heterocycles. The second-order valence-electron chi connectivity index (χ2n) is 8.46. The average molecular weight is 476 g/mol. The maximum atomic E-state index is 12.6. The van der Waals surface area contributed by atoms with Crippen LogP contribution >= 0.6 is 23.1 Å². The first-order valence-electron chi connectivity index (χ1n) is 11.6. The molecule has 4 rings (SSSR count). The normalized spacial score (nSPS) is 18.9. The van der Waals surface area contributed by atoms with E-state index in [0.717, 1.165) is 67.3 Å². The molecular formula is C23H33N5O2S2. The van der Waals surface area contributed by atoms with Crippen LogP contribution in [0.3, 0.4) is 0 Å². The average Bonchev–Trinajstić information content (AvgIpc) is 3.30. The van der Waals surface area contributed by atoms with Crippen LogP contribution in [0.1, 0.15) is 44.6 Å². The van der Waals surface area contributed by atoms with Crippen molar-refractivity contribution in [1.82, 2.24) is 20.4 Å². The quantitative estimate of drug-likeness (QED) is 0.529. The van der Waals surface area contributed by atoms with Gasteiger partial charge in [-0.2, -0.15) is 0 Å². The number of amides is 1. The van der Waals surface area contributed by atoms with Crippen molar-refractivity contribution < 1.29 is 9.53 Å². The Morgan fingerprint density at radius 2 is 1.97 bits per heavy atom. The highest BCUT2D eigenvalue weighted by Crippen LogP contribution is 2.34. The molecule has 2 heterocycles. The van der Waals surface area contributed by atoms with E-state index >= 15 is 0 Å². The fourth-order valence-corrected chi connectivity index (χ4v) is 6.27. The van der Waals surface area contributed by atoms with Gasteiger partial charge in [-0.15, -0.1) is 10.2 Å². The van der Waals surface area contributed by atoms with E-state index in [1.165, 1.54) is 47.9 Å². The van der Waals surface area contributed by atoms with Gasteiger partial charge in [-0.1, -0.05) is 67.5 Å². The highest BCUT2D eigenvalue weighted by Gasteiger charge is 2.38. The second kappa shape index (κ2) is 11.4. The van der Waals surface area contributed by atoms with E-state index in [9.17, 15) is 4.79 Å². The molecule has 0 unspecified atom stereocenters. The maximum absolute atomic E-state index is 12.6. The lowest BCUT2D eigenvalue weighted by molar-refractivity contribution is -0.119. The zero-order valence-electron chi connectivity index (χ0n) is 18.8. The van der Waals surface area contributed by atoms with Gasteiger partial charge in [-0.05, 0) is 30.9 Å². The van der Waals surface area contributed by atoms with Gasteiger partial charge in [0.15, 0.2) is 4.34 Å². The summed E-state index contributed by atoms with van der Waals surface area (Å²) >= 11 is 2.93. The van der Waals surface area contributed by atoms with Crippen LogP contribution in [0.4, 0.5) is 10.8 Å². The summed E-state index contributed by atoms with van der Waals surface area (Å²) in [6.07, 6.45) is 7.05. The standard InChI is InChI=1S/C23H33N5O2S2/c1-2-18-8-4-5-9-19(18)25-21-26-27-22(32-21)31-16-20(29)24-17-23(10-6-3-7-11-23)28-12-14-30-15-13-28/h4-5,8-9H,2-3,6-7,10-17H2,1H3,(H,24,29)(H,25,26). The third-order valence-electron chi connectivity index (χ3n) is 6.45. The van der Waals surface area contributed by atoms with Crippen LogP contribution in [0, 0.1) is 0 Å². The third kappa shape index (κ3) is 6.01. The smallest absolute Gasteiger partial charge is 0.230 e. The molecule has 0 atom stereocenters. The number of nitrogens with zero attached hydrogens (tertiary/aromatic N) is 3. The second-order valence-corrected chi connectivity index (χ2v) is 10.7. The van der Waals surface area contributed by atoms with Crippen molar-refractivity contribution in [3.8, 4) is 0 Å². The van der Waals surface area contributed by atoms with Crippen molar-refractivity contribution in [2.75, 3.05) is 43.9 Å². The number of carbonyl (C=O) groups excluding carboxylic acids is 1. The number of aromatic nitrogens is 2. The van der Waals surface area contributed by atoms with Crippen molar-refractivity contribution in [2.24, 2.45) is 0 Å². The van der Waals surface area contributed by atoms with Crippen molar-refractivity contribution >= 4 is 39.8 Å². The third-order valence-corrected chi connectivity index (χ3v) is 8.43. The molecular weight excluding hydrogens is 442 g/mol. The number of nitrogens with one attached hydrogen (secondary N) is 2. The Morgan fingerprint density at radius 1 is 1.19 bits per heavy atom. The number of hydrogen-bond donors (Lipinski definition) is 2. The lowest BCUT2D eigenvalue weighted by Crippen LogP contribution is -2.59. The van der Waals surface area contributed by atoms with E-state index < -0.39 is 0 Å². The molecule has 2 aromatic rings. The molecule has 1 aliphatic carbocycles. The molecule has 9 heteroatoms. The summed E-state index contributed by atoms with van der Waals surface area (Å²) in [4.78, 5) is 15.2. The Bertz CT molecular complexity index is 879. The Balaban J connectivity index is 1.27. The van der Waals surface area contributed by atoms with Crippen LogP contribution in [0.25, 0.3) is 0 Å². The molecule has 1 amide bonds. The van der Waals surface area contributed by atoms with E-state index in [-0.39, 0.29) is 11.4 Å². The number of thioether (sulfide) groups is 1. The molecule has 7 nitrogen and oxygen atoms in total. The SMILES string of the molecule is CCc1ccccc1Nc1nnc(SCC(=O)NCC2(N3CCOCC3)CCCCC2)s1. The summed E-state index contributed by atoms with van der Waals surface area (Å²) in [6, 6.07) is 8.22. The lowest BCUT2D eigenvalue weighted by atomic mass is 9.79. The first-order valence-corrected chi connectivity index (χ1v) is 13.4. The lowest BCUT2D eigenvalue weighted by Gasteiger charge is -2.48. The van der Waals surface area contributed by atoms with Crippen LogP contribution < -0.4 is 10.6 Å². The fraction of sp³-hybridized carbons (Fsp3) is 0.609. The summed E-state index contributed by atoms with van der Waals surface area (Å²) in [6.45, 7) is 6.38. The monoisotopic (exact) mass is 475 g/mol. The van der Waals surface area contributed by atoms with Gasteiger partial charge in [0.05, 0.1) is 19.0 Å². The van der Waals surface area contributed by atoms with Crippen molar-refractivity contribution in [2.45, 2.75) is 55.3 Å². The Morgan fingerprint density at radius 3 is 2.75 bits per heavy atom. The highest BCUT2D eigenvalue weighted by molar-refractivity contribution is 8.01. The topological polar surface area (TPSA) is 79.4 Å². The molecule has 1 aromatic heterocycles. The molecule has 174 valence electrons. The summed E-state index contributed by atoms with van der Waals surface area (Å²) in [5, 5.41) is 15.8. The van der Waals surface area contributed by atoms with Crippen LogP contribution in [-0.2, 0) is 16.0 Å². The fourth-order valence-electron chi connectivity index (χ4n) is 4.68. The van der Waals surface area contributed by atoms with Crippen LogP contribution in [0.15, 0.2) is 28.6 Å². The number of rotatable bonds is 9. The van der Waals surface area contributed by atoms with Gasteiger partial charge in [0.2, 0.25) is 11.0 Å². The zero-order valence-corrected chi connectivity index (χ0v) is 20.4. The van der Waals surface area contributed by atoms with Gasteiger partial charge in [0, 0.05) is 30.9 Å². The van der Waals surface area contributed by atoms with Gasteiger partial charge in [-0.3, -0.25) is 9.69 Å². The minimum absolute atomic E-state index is 0.0641. The highest BCUT2D eigenvalue weighted by atomic mass is 32.2. The molecule has 1 saturated carbocycles. The van der Waals surface area contributed by atoms with E-state index in [2.05, 4.69) is 44.8 Å². The van der Waals surface area contributed by atoms with Gasteiger partial charge in [0.25, 0.3) is 0 Å². The molecule has 32 heavy (non-hydrogen) atoms. The van der Waals surface area contributed by atoms with Gasteiger partial charge in [0.1, 0.15) is 0 Å². The number of aryl methyl sites for hydroxylation is 1. The predicted molar refractivity (Wildman–Crippen MR) is 131 cm³/mol. The van der Waals surface area contributed by atoms with E-state index in [1.54, 1.807) is 0 Å². The predicted octanol–water partition coefficient (Wildman–Crippen LogP) is 4.09. The van der Waals surface area contributed by atoms with Crippen molar-refractivity contribution in [1.29, 1.82) is 0 Å². The molecule has 0 spiro atoms. The molecule has 0 radical (unpaired) electrons. The zero-order chi connectivity index (χ0) is 22.2. The number of anilines is 2. The minimum Gasteiger partial charge on any atom is -0.379 e. The first-order chi connectivity index (χ1) is 15.7. The summed E-state index contributed by atoms with van der Waals surface area (Å²) in [5.41, 5.74) is 2.39. The van der Waals surface area contributed by atoms with E-state index in [1.807, 2.05) is 12.1 Å². The van der Waals surface area contributed by atoms with Crippen LogP contribution in [0.5, 0.6) is 0 Å². The molecule has 1 aromatic carbocycles. The summed E-state index contributed by atoms with van der Waals surface area (Å²) < 4.78 is 6.35. The Kier molecular flexibility index (Phi) is 8.40. The number of hydrogen-bond acceptors (Lipinski definition) is 8. The first kappa shape index (κ1) is 23.5. The number of carbonyl (C=O) groups is 1. The van der Waals surface area contributed by atoms with Gasteiger partial charge >= 0.3 is 0 Å². The number of morpholine rings is 1. The van der Waals surface area contributed by atoms with Crippen molar-refractivity contribution in [3.05, 3.63) is 29.8 Å². The van der Waals surface area contributed by atoms with Crippen LogP contribution in [0.2, 0.25) is 0 Å². The number of benzene rings is 1. The van der Waals surface area contributed by atoms with Gasteiger partial charge < -0.3 is 15.4 Å². The van der Waals surface area contributed by atoms with Crippen molar-refractivity contribution in [3.63, 3.8) is 0 Å². The minimum atomic E-state index is 0.0641. The molecule has 0 bridgehead atoms.